The second-order valence-corrected chi connectivity index (χ2v) is 3.06. The fourth-order valence-electron chi connectivity index (χ4n) is 0.255. The van der Waals surface area contributed by atoms with Gasteiger partial charge in [0.05, 0.1) is 0 Å². The van der Waals surface area contributed by atoms with E-state index in [2.05, 4.69) is 6.58 Å². The van der Waals surface area contributed by atoms with E-state index in [1.165, 1.54) is 5.32 Å². The van der Waals surface area contributed by atoms with Gasteiger partial charge in [-0.2, -0.15) is 8.42 Å². The summed E-state index contributed by atoms with van der Waals surface area (Å²) in [5, 5.41) is 10.00. The molecule has 0 spiro atoms. The van der Waals surface area contributed by atoms with Gasteiger partial charge in [-0.15, -0.1) is 0 Å². The highest BCUT2D eigenvalue weighted by Crippen LogP contribution is 1.88. The first-order chi connectivity index (χ1) is 4.88. The molecule has 0 rings (SSSR count). The lowest BCUT2D eigenvalue weighted by Crippen LogP contribution is -2.39. The predicted molar refractivity (Wildman–Crippen MR) is 35.9 cm³/mol. The molecule has 7 heteroatoms. The second-order valence-electron chi connectivity index (χ2n) is 1.58. The van der Waals surface area contributed by atoms with Gasteiger partial charge in [0, 0.05) is 0 Å². The van der Waals surface area contributed by atoms with E-state index < -0.39 is 21.6 Å². The van der Waals surface area contributed by atoms with Crippen LogP contribution in [-0.4, -0.2) is 29.5 Å². The summed E-state index contributed by atoms with van der Waals surface area (Å²) in [5.41, 5.74) is -2.30. The van der Waals surface area contributed by atoms with E-state index >= 15 is 0 Å². The maximum atomic E-state index is 10.3. The Labute approximate surface area is 63.3 Å². The fourth-order valence-corrected chi connectivity index (χ4v) is 0.520. The van der Waals surface area contributed by atoms with Gasteiger partial charge in [0.1, 0.15) is 0 Å². The van der Waals surface area contributed by atoms with Crippen molar-refractivity contribution in [2.24, 2.45) is 0 Å². The second kappa shape index (κ2) is 3.46. The van der Waals surface area contributed by atoms with Crippen molar-refractivity contribution in [3.8, 4) is 0 Å². The number of nitrogens with one attached hydrogen (secondary N) is 1. The SMILES string of the molecule is C=CC(=O)NC(O)S(=O)(=O)O. The Morgan fingerprint density at radius 3 is 2.36 bits per heavy atom. The van der Waals surface area contributed by atoms with Crippen molar-refractivity contribution >= 4 is 16.0 Å². The summed E-state index contributed by atoms with van der Waals surface area (Å²) in [6, 6.07) is 0. The highest BCUT2D eigenvalue weighted by atomic mass is 32.2. The van der Waals surface area contributed by atoms with Gasteiger partial charge >= 0.3 is 10.1 Å². The summed E-state index contributed by atoms with van der Waals surface area (Å²) in [4.78, 5) is 10.3. The van der Waals surface area contributed by atoms with Crippen LogP contribution in [0.3, 0.4) is 0 Å². The van der Waals surface area contributed by atoms with Crippen LogP contribution >= 0.6 is 0 Å². The van der Waals surface area contributed by atoms with Crippen molar-refractivity contribution in [2.75, 3.05) is 0 Å². The minimum atomic E-state index is -4.63. The van der Waals surface area contributed by atoms with Gasteiger partial charge < -0.3 is 10.4 Å². The summed E-state index contributed by atoms with van der Waals surface area (Å²) in [6.45, 7) is 3.00. The van der Waals surface area contributed by atoms with Crippen molar-refractivity contribution in [1.82, 2.24) is 5.32 Å². The Balaban J connectivity index is 4.20. The number of hydrogen-bond acceptors (Lipinski definition) is 4. The van der Waals surface area contributed by atoms with Crippen LogP contribution in [0.1, 0.15) is 0 Å². The Bertz CT molecular complexity index is 256. The van der Waals surface area contributed by atoms with Gasteiger partial charge in [0.15, 0.2) is 0 Å². The summed E-state index contributed by atoms with van der Waals surface area (Å²) >= 11 is 0. The molecular weight excluding hydrogens is 174 g/mol. The number of aliphatic hydroxyl groups is 1. The van der Waals surface area contributed by atoms with E-state index in [9.17, 15) is 13.2 Å². The van der Waals surface area contributed by atoms with Gasteiger partial charge in [0.25, 0.3) is 5.56 Å². The number of carbonyl (C=O) groups is 1. The third kappa shape index (κ3) is 3.71. The highest BCUT2D eigenvalue weighted by Gasteiger charge is 2.19. The first kappa shape index (κ1) is 10.1. The van der Waals surface area contributed by atoms with Crippen molar-refractivity contribution in [3.05, 3.63) is 12.7 Å². The van der Waals surface area contributed by atoms with Crippen LogP contribution < -0.4 is 5.32 Å². The molecule has 0 heterocycles. The predicted octanol–water partition coefficient (Wildman–Crippen LogP) is -1.55. The van der Waals surface area contributed by atoms with E-state index in [4.69, 9.17) is 9.66 Å². The van der Waals surface area contributed by atoms with Gasteiger partial charge in [0.2, 0.25) is 5.91 Å². The molecule has 11 heavy (non-hydrogen) atoms. The number of carbonyl (C=O) groups excluding carboxylic acids is 1. The zero-order valence-electron chi connectivity index (χ0n) is 5.39. The largest absolute Gasteiger partial charge is 0.359 e. The fraction of sp³-hybridized carbons (Fsp3) is 0.250. The van der Waals surface area contributed by atoms with Crippen LogP contribution in [0.4, 0.5) is 0 Å². The van der Waals surface area contributed by atoms with E-state index in [1.807, 2.05) is 0 Å². The normalized spacial score (nSPS) is 13.6. The minimum absolute atomic E-state index is 0.758. The van der Waals surface area contributed by atoms with Crippen molar-refractivity contribution in [1.29, 1.82) is 0 Å². The summed E-state index contributed by atoms with van der Waals surface area (Å²) in [6.07, 6.45) is 0.758. The van der Waals surface area contributed by atoms with Crippen molar-refractivity contribution in [3.63, 3.8) is 0 Å². The summed E-state index contributed by atoms with van der Waals surface area (Å²) in [7, 11) is -4.63. The third-order valence-electron chi connectivity index (χ3n) is 0.733. The first-order valence-corrected chi connectivity index (χ1v) is 3.95. The maximum Gasteiger partial charge on any atom is 0.312 e. The number of aliphatic hydroxyl groups excluding tert-OH is 1. The average Bonchev–Trinajstić information content (AvgIpc) is 1.85. The first-order valence-electron chi connectivity index (χ1n) is 2.45. The third-order valence-corrected chi connectivity index (χ3v) is 1.42. The summed E-state index contributed by atoms with van der Waals surface area (Å²) < 4.78 is 28.2. The van der Waals surface area contributed by atoms with E-state index in [0.29, 0.717) is 0 Å². The molecule has 1 atom stereocenters. The molecule has 0 bridgehead atoms. The van der Waals surface area contributed by atoms with Crippen molar-refractivity contribution < 1.29 is 22.9 Å². The molecule has 6 nitrogen and oxygen atoms in total. The molecule has 0 radical (unpaired) electrons. The van der Waals surface area contributed by atoms with Crippen LogP contribution in [0.15, 0.2) is 12.7 Å². The Morgan fingerprint density at radius 2 is 2.09 bits per heavy atom. The van der Waals surface area contributed by atoms with Gasteiger partial charge in [-0.25, -0.2) is 0 Å². The molecule has 0 saturated carbocycles. The molecule has 0 aromatic heterocycles. The smallest absolute Gasteiger partial charge is 0.312 e. The summed E-state index contributed by atoms with van der Waals surface area (Å²) in [5.74, 6) is -0.893. The molecule has 0 aliphatic carbocycles. The van der Waals surface area contributed by atoms with E-state index in [1.54, 1.807) is 0 Å². The monoisotopic (exact) mass is 181 g/mol. The molecule has 3 N–H and O–H groups in total. The zero-order chi connectivity index (χ0) is 9.07. The molecule has 1 unspecified atom stereocenters. The zero-order valence-corrected chi connectivity index (χ0v) is 6.21. The van der Waals surface area contributed by atoms with Gasteiger partial charge in [-0.05, 0) is 6.08 Å². The number of amides is 1. The van der Waals surface area contributed by atoms with Gasteiger partial charge in [-0.3, -0.25) is 9.35 Å². The van der Waals surface area contributed by atoms with Gasteiger partial charge in [-0.1, -0.05) is 6.58 Å². The Morgan fingerprint density at radius 1 is 1.64 bits per heavy atom. The molecule has 1 amide bonds. The molecule has 0 aliphatic heterocycles. The minimum Gasteiger partial charge on any atom is -0.359 e. The van der Waals surface area contributed by atoms with Crippen LogP contribution in [0.25, 0.3) is 0 Å². The molecule has 0 saturated heterocycles. The number of hydrogen-bond donors (Lipinski definition) is 3. The molecule has 0 fully saturated rings. The highest BCUT2D eigenvalue weighted by molar-refractivity contribution is 7.86. The Hall–Kier alpha value is -0.920. The quantitative estimate of drug-likeness (QED) is 0.278. The van der Waals surface area contributed by atoms with Crippen LogP contribution in [0.2, 0.25) is 0 Å². The molecular formula is C4H7NO5S. The topological polar surface area (TPSA) is 104 Å². The van der Waals surface area contributed by atoms with Crippen molar-refractivity contribution in [2.45, 2.75) is 5.56 Å². The van der Waals surface area contributed by atoms with E-state index in [0.717, 1.165) is 6.08 Å². The molecule has 0 aliphatic rings. The van der Waals surface area contributed by atoms with Crippen LogP contribution in [-0.2, 0) is 14.9 Å². The standard InChI is InChI=1S/C4H7NO5S/c1-2-3(6)5-4(7)11(8,9)10/h2,4,7H,1H2,(H,5,6)(H,8,9,10). The molecule has 0 aromatic rings. The number of rotatable bonds is 3. The van der Waals surface area contributed by atoms with Crippen LogP contribution in [0.5, 0.6) is 0 Å². The van der Waals surface area contributed by atoms with Crippen LogP contribution in [0, 0.1) is 0 Å². The Kier molecular flexibility index (Phi) is 3.18. The lowest BCUT2D eigenvalue weighted by Gasteiger charge is -2.06. The molecule has 0 aromatic carbocycles. The lowest BCUT2D eigenvalue weighted by molar-refractivity contribution is -0.118. The lowest BCUT2D eigenvalue weighted by atomic mass is 10.6. The van der Waals surface area contributed by atoms with E-state index in [-0.39, 0.29) is 0 Å². The average molecular weight is 181 g/mol. The molecule has 64 valence electrons. The maximum absolute atomic E-state index is 10.3.